The molecule has 3 saturated heterocycles. The zero-order chi connectivity index (χ0) is 30.4. The number of aliphatic hydroxyl groups is 1. The normalized spacial score (nSPS) is 43.8. The quantitative estimate of drug-likeness (QED) is 0.360. The van der Waals surface area contributed by atoms with E-state index in [0.717, 1.165) is 103 Å². The average Bonchev–Trinajstić information content (AvgIpc) is 3.53. The van der Waals surface area contributed by atoms with Crippen molar-refractivity contribution in [2.75, 3.05) is 13.2 Å². The van der Waals surface area contributed by atoms with Gasteiger partial charge in [0.05, 0.1) is 36.7 Å². The minimum Gasteiger partial charge on any atom is -0.481 e. The Morgan fingerprint density at radius 1 is 0.841 bits per heavy atom. The number of carboxylic acid groups (broad SMARTS) is 1. The number of hydrogen-bond acceptors (Lipinski definition) is 7. The Labute approximate surface area is 262 Å². The molecule has 8 atom stereocenters. The van der Waals surface area contributed by atoms with Gasteiger partial charge >= 0.3 is 11.9 Å². The number of aliphatic carboxylic acids is 1. The lowest BCUT2D eigenvalue weighted by Gasteiger charge is -2.54. The fourth-order valence-corrected chi connectivity index (χ4v) is 11.8. The van der Waals surface area contributed by atoms with Crippen LogP contribution in [-0.2, 0) is 23.9 Å². The molecule has 7 fully saturated rings. The third kappa shape index (κ3) is 5.02. The van der Waals surface area contributed by atoms with E-state index in [1.165, 1.54) is 12.8 Å². The second kappa shape index (κ2) is 12.8. The molecule has 4 saturated carbocycles. The molecule has 7 rings (SSSR count). The largest absolute Gasteiger partial charge is 0.481 e. The van der Waals surface area contributed by atoms with E-state index in [-0.39, 0.29) is 54.7 Å². The Morgan fingerprint density at radius 2 is 1.48 bits per heavy atom. The number of carboxylic acids is 1. The van der Waals surface area contributed by atoms with E-state index in [9.17, 15) is 24.6 Å². The van der Waals surface area contributed by atoms with Crippen molar-refractivity contribution in [1.82, 2.24) is 10.2 Å². The number of nitrogens with one attached hydrogen (secondary N) is 1. The second-order valence-corrected chi connectivity index (χ2v) is 15.4. The highest BCUT2D eigenvalue weighted by Gasteiger charge is 2.77. The molecule has 9 heteroatoms. The molecule has 0 bridgehead atoms. The molecule has 0 aromatic heterocycles. The van der Waals surface area contributed by atoms with Gasteiger partial charge in [-0.15, -0.1) is 0 Å². The van der Waals surface area contributed by atoms with Gasteiger partial charge in [-0.25, -0.2) is 0 Å². The number of morpholine rings is 1. The highest BCUT2D eigenvalue weighted by Crippen LogP contribution is 2.63. The maximum Gasteiger partial charge on any atom is 0.324 e. The van der Waals surface area contributed by atoms with E-state index in [4.69, 9.17) is 9.47 Å². The molecular weight excluding hydrogens is 560 g/mol. The van der Waals surface area contributed by atoms with Gasteiger partial charge in [0, 0.05) is 12.1 Å². The van der Waals surface area contributed by atoms with Crippen LogP contribution in [-0.4, -0.2) is 82.5 Å². The number of rotatable bonds is 7. The summed E-state index contributed by atoms with van der Waals surface area (Å²) in [4.78, 5) is 45.0. The molecule has 0 aromatic carbocycles. The molecule has 9 nitrogen and oxygen atoms in total. The number of ether oxygens (including phenoxy) is 2. The van der Waals surface area contributed by atoms with E-state index in [1.54, 1.807) is 0 Å². The fourth-order valence-electron chi connectivity index (χ4n) is 11.8. The number of aliphatic hydroxyl groups excluding tert-OH is 1. The Hall–Kier alpha value is -1.71. The third-order valence-corrected chi connectivity index (χ3v) is 13.3. The van der Waals surface area contributed by atoms with E-state index in [1.807, 2.05) is 0 Å². The van der Waals surface area contributed by atoms with Crippen LogP contribution in [0.4, 0.5) is 0 Å². The number of nitrogens with zero attached hydrogens (tertiary/aromatic N) is 1. The van der Waals surface area contributed by atoms with Crippen LogP contribution in [0.25, 0.3) is 0 Å². The van der Waals surface area contributed by atoms with Gasteiger partial charge in [0.15, 0.2) is 0 Å². The van der Waals surface area contributed by atoms with E-state index in [2.05, 4.69) is 10.2 Å². The monoisotopic (exact) mass is 614 g/mol. The second-order valence-electron chi connectivity index (χ2n) is 15.4. The first-order valence-corrected chi connectivity index (χ1v) is 18.2. The number of carbonyl (C=O) groups excluding carboxylic acids is 2. The first kappa shape index (κ1) is 30.9. The highest BCUT2D eigenvalue weighted by molar-refractivity contribution is 5.97. The van der Waals surface area contributed by atoms with Crippen molar-refractivity contribution in [2.45, 2.75) is 152 Å². The summed E-state index contributed by atoms with van der Waals surface area (Å²) in [5, 5.41) is 23.8. The van der Waals surface area contributed by atoms with Crippen molar-refractivity contribution >= 4 is 17.8 Å². The standard InChI is InChI=1S/C35H54N2O7/c38-19-20-43-24-17-15-23(16-18-24)31-35(25-13-7-8-14-26(25)36-34(35)42)27(32(39)40)29-33(41)44-30(22-11-5-2-6-12-22)28(37(29)31)21-9-3-1-4-10-21/h21-31,38H,1-20H2,(H,36,42)(H,39,40)/t23?,24?,25?,26?,27-,28-,29-,30+,31+,35-/m1/s1. The Kier molecular flexibility index (Phi) is 9.01. The molecule has 44 heavy (non-hydrogen) atoms. The Bertz CT molecular complexity index is 1070. The maximum absolute atomic E-state index is 14.6. The first-order chi connectivity index (χ1) is 21.5. The van der Waals surface area contributed by atoms with Gasteiger partial charge in [-0.05, 0) is 87.9 Å². The molecular formula is C35H54N2O7. The minimum absolute atomic E-state index is 0.00160. The van der Waals surface area contributed by atoms with Crippen LogP contribution >= 0.6 is 0 Å². The van der Waals surface area contributed by atoms with Crippen LogP contribution in [0.3, 0.4) is 0 Å². The number of carbonyl (C=O) groups is 3. The molecule has 4 aliphatic carbocycles. The number of amides is 1. The summed E-state index contributed by atoms with van der Waals surface area (Å²) in [6.07, 6.45) is 18.2. The predicted molar refractivity (Wildman–Crippen MR) is 162 cm³/mol. The lowest BCUT2D eigenvalue weighted by atomic mass is 9.57. The van der Waals surface area contributed by atoms with Crippen LogP contribution in [0, 0.1) is 35.0 Å². The lowest BCUT2D eigenvalue weighted by Crippen LogP contribution is -2.66. The number of fused-ring (bicyclic) bond motifs is 3. The van der Waals surface area contributed by atoms with Gasteiger partial charge in [0.25, 0.3) is 0 Å². The highest BCUT2D eigenvalue weighted by atomic mass is 16.6. The third-order valence-electron chi connectivity index (χ3n) is 13.3. The van der Waals surface area contributed by atoms with Crippen molar-refractivity contribution in [3.8, 4) is 0 Å². The summed E-state index contributed by atoms with van der Waals surface area (Å²) in [5.41, 5.74) is -1.14. The summed E-state index contributed by atoms with van der Waals surface area (Å²) in [6, 6.07) is -1.28. The molecule has 1 amide bonds. The molecule has 7 aliphatic rings. The number of esters is 1. The summed E-state index contributed by atoms with van der Waals surface area (Å²) < 4.78 is 12.5. The van der Waals surface area contributed by atoms with Crippen molar-refractivity contribution in [2.24, 2.45) is 35.0 Å². The maximum atomic E-state index is 14.6. The topological polar surface area (TPSA) is 125 Å². The molecule has 246 valence electrons. The number of cyclic esters (lactones) is 1. The molecule has 3 heterocycles. The predicted octanol–water partition coefficient (Wildman–Crippen LogP) is 4.44. The zero-order valence-corrected chi connectivity index (χ0v) is 26.4. The zero-order valence-electron chi connectivity index (χ0n) is 26.4. The lowest BCUT2D eigenvalue weighted by molar-refractivity contribution is -0.191. The first-order valence-electron chi connectivity index (χ1n) is 18.2. The minimum atomic E-state index is -1.14. The van der Waals surface area contributed by atoms with E-state index < -0.39 is 29.3 Å². The summed E-state index contributed by atoms with van der Waals surface area (Å²) >= 11 is 0. The fraction of sp³-hybridized carbons (Fsp3) is 0.914. The Balaban J connectivity index is 1.36. The molecule has 3 N–H and O–H groups in total. The van der Waals surface area contributed by atoms with Gasteiger partial charge in [-0.2, -0.15) is 0 Å². The van der Waals surface area contributed by atoms with Gasteiger partial charge in [-0.1, -0.05) is 51.4 Å². The summed E-state index contributed by atoms with van der Waals surface area (Å²) in [6.45, 7) is 0.321. The molecule has 0 radical (unpaired) electrons. The van der Waals surface area contributed by atoms with Crippen molar-refractivity contribution in [3.63, 3.8) is 0 Å². The van der Waals surface area contributed by atoms with Crippen LogP contribution in [0.15, 0.2) is 0 Å². The SMILES string of the molecule is O=C1O[C@@H](C2CCCCC2)[C@@H](C2CCCCC2)N2[C@@H](C3CCC(OCCO)CC3)[C@]3(C(=O)NC4CCCCC43)[C@@H](C(=O)O)[C@H]12. The van der Waals surface area contributed by atoms with Crippen LogP contribution in [0.5, 0.6) is 0 Å². The molecule has 0 aromatic rings. The van der Waals surface area contributed by atoms with E-state index >= 15 is 0 Å². The van der Waals surface area contributed by atoms with Crippen molar-refractivity contribution in [3.05, 3.63) is 0 Å². The molecule has 1 spiro atoms. The van der Waals surface area contributed by atoms with Crippen LogP contribution in [0.2, 0.25) is 0 Å². The van der Waals surface area contributed by atoms with Gasteiger partial charge in [0.2, 0.25) is 5.91 Å². The summed E-state index contributed by atoms with van der Waals surface area (Å²) in [7, 11) is 0. The van der Waals surface area contributed by atoms with Gasteiger partial charge < -0.3 is 25.0 Å². The van der Waals surface area contributed by atoms with Crippen LogP contribution < -0.4 is 5.32 Å². The van der Waals surface area contributed by atoms with Gasteiger partial charge in [0.1, 0.15) is 12.1 Å². The van der Waals surface area contributed by atoms with Crippen molar-refractivity contribution < 1.29 is 34.1 Å². The van der Waals surface area contributed by atoms with Crippen LogP contribution in [0.1, 0.15) is 116 Å². The van der Waals surface area contributed by atoms with Gasteiger partial charge in [-0.3, -0.25) is 19.3 Å². The summed E-state index contributed by atoms with van der Waals surface area (Å²) in [5.74, 6) is -1.98. The smallest absolute Gasteiger partial charge is 0.324 e. The van der Waals surface area contributed by atoms with E-state index in [0.29, 0.717) is 18.4 Å². The average molecular weight is 615 g/mol. The Morgan fingerprint density at radius 3 is 2.14 bits per heavy atom. The van der Waals surface area contributed by atoms with Crippen molar-refractivity contribution in [1.29, 1.82) is 0 Å². The number of hydrogen-bond donors (Lipinski definition) is 3. The molecule has 2 unspecified atom stereocenters. The molecule has 3 aliphatic heterocycles.